The maximum atomic E-state index is 11.9. The zero-order valence-corrected chi connectivity index (χ0v) is 9.90. The van der Waals surface area contributed by atoms with Gasteiger partial charge >= 0.3 is 0 Å². The van der Waals surface area contributed by atoms with Crippen LogP contribution in [0.3, 0.4) is 0 Å². The van der Waals surface area contributed by atoms with Crippen LogP contribution in [0, 0.1) is 0 Å². The van der Waals surface area contributed by atoms with E-state index in [1.807, 2.05) is 39.2 Å². The van der Waals surface area contributed by atoms with Crippen molar-refractivity contribution in [3.05, 3.63) is 18.2 Å². The molecular formula is C12H17N3O. The molecule has 1 aromatic rings. The van der Waals surface area contributed by atoms with Gasteiger partial charge in [-0.05, 0) is 25.1 Å². The van der Waals surface area contributed by atoms with Gasteiger partial charge in [0.15, 0.2) is 0 Å². The van der Waals surface area contributed by atoms with Gasteiger partial charge in [-0.3, -0.25) is 4.79 Å². The quantitative estimate of drug-likeness (QED) is 0.672. The Hall–Kier alpha value is -1.71. The fraction of sp³-hybridized carbons (Fsp3) is 0.417. The van der Waals surface area contributed by atoms with Gasteiger partial charge in [0.05, 0.1) is 11.4 Å². The van der Waals surface area contributed by atoms with Crippen LogP contribution in [0.5, 0.6) is 0 Å². The minimum Gasteiger partial charge on any atom is -0.399 e. The molecule has 0 bridgehead atoms. The number of hydrogen-bond acceptors (Lipinski definition) is 3. The lowest BCUT2D eigenvalue weighted by atomic mass is 10.2. The second-order valence-electron chi connectivity index (χ2n) is 4.36. The van der Waals surface area contributed by atoms with E-state index >= 15 is 0 Å². The molecule has 1 amide bonds. The molecule has 0 spiro atoms. The molecule has 0 saturated heterocycles. The van der Waals surface area contributed by atoms with Crippen LogP contribution in [-0.2, 0) is 4.79 Å². The van der Waals surface area contributed by atoms with Gasteiger partial charge in [-0.1, -0.05) is 0 Å². The van der Waals surface area contributed by atoms with Crippen LogP contribution in [-0.4, -0.2) is 26.0 Å². The molecule has 0 aromatic heterocycles. The third kappa shape index (κ3) is 1.60. The minimum absolute atomic E-state index is 0.142. The van der Waals surface area contributed by atoms with Crippen molar-refractivity contribution in [1.29, 1.82) is 0 Å². The predicted octanol–water partition coefficient (Wildman–Crippen LogP) is 1.46. The Morgan fingerprint density at radius 1 is 1.31 bits per heavy atom. The molecule has 0 unspecified atom stereocenters. The van der Waals surface area contributed by atoms with Crippen molar-refractivity contribution in [1.82, 2.24) is 0 Å². The highest BCUT2D eigenvalue weighted by Crippen LogP contribution is 2.34. The van der Waals surface area contributed by atoms with Crippen LogP contribution in [0.2, 0.25) is 0 Å². The van der Waals surface area contributed by atoms with Crippen molar-refractivity contribution >= 4 is 23.0 Å². The normalized spacial score (nSPS) is 20.7. The number of rotatable bonds is 0. The molecule has 4 heteroatoms. The summed E-state index contributed by atoms with van der Waals surface area (Å²) >= 11 is 0. The first-order valence-electron chi connectivity index (χ1n) is 5.39. The number of nitrogen functional groups attached to an aromatic ring is 1. The largest absolute Gasteiger partial charge is 0.399 e. The van der Waals surface area contributed by atoms with Gasteiger partial charge in [-0.15, -0.1) is 0 Å². The monoisotopic (exact) mass is 219 g/mol. The number of amides is 1. The predicted molar refractivity (Wildman–Crippen MR) is 66.7 cm³/mol. The second kappa shape index (κ2) is 3.70. The smallest absolute Gasteiger partial charge is 0.228 e. The summed E-state index contributed by atoms with van der Waals surface area (Å²) in [4.78, 5) is 15.7. The van der Waals surface area contributed by atoms with Crippen molar-refractivity contribution in [2.75, 3.05) is 29.6 Å². The Labute approximate surface area is 95.6 Å². The highest BCUT2D eigenvalue weighted by molar-refractivity contribution is 5.98. The van der Waals surface area contributed by atoms with Crippen molar-refractivity contribution in [2.45, 2.75) is 19.4 Å². The van der Waals surface area contributed by atoms with Gasteiger partial charge in [0.25, 0.3) is 0 Å². The molecule has 0 fully saturated rings. The van der Waals surface area contributed by atoms with E-state index in [4.69, 9.17) is 5.73 Å². The summed E-state index contributed by atoms with van der Waals surface area (Å²) in [6.45, 7) is 2.05. The highest BCUT2D eigenvalue weighted by atomic mass is 16.2. The zero-order chi connectivity index (χ0) is 11.9. The lowest BCUT2D eigenvalue weighted by Gasteiger charge is -2.25. The van der Waals surface area contributed by atoms with Crippen molar-refractivity contribution in [2.24, 2.45) is 0 Å². The number of fused-ring (bicyclic) bond motifs is 1. The molecule has 0 radical (unpaired) electrons. The van der Waals surface area contributed by atoms with Crippen molar-refractivity contribution < 1.29 is 4.79 Å². The lowest BCUT2D eigenvalue weighted by Crippen LogP contribution is -2.31. The number of anilines is 3. The highest BCUT2D eigenvalue weighted by Gasteiger charge is 2.26. The molecule has 16 heavy (non-hydrogen) atoms. The van der Waals surface area contributed by atoms with Crippen LogP contribution in [0.25, 0.3) is 0 Å². The fourth-order valence-electron chi connectivity index (χ4n) is 2.00. The van der Waals surface area contributed by atoms with Gasteiger partial charge in [-0.25, -0.2) is 0 Å². The van der Waals surface area contributed by atoms with Crippen LogP contribution < -0.4 is 15.5 Å². The average Bonchev–Trinajstić information content (AvgIpc) is 2.32. The number of nitrogens with two attached hydrogens (primary N) is 1. The standard InChI is InChI=1S/C12H17N3O/c1-8-6-12(16)15(3)10-5-4-9(13)7-11(10)14(8)2/h4-5,7-8H,6,13H2,1-3H3/t8-/m0/s1. The van der Waals surface area contributed by atoms with Crippen molar-refractivity contribution in [3.63, 3.8) is 0 Å². The topological polar surface area (TPSA) is 49.6 Å². The Kier molecular flexibility index (Phi) is 2.50. The Bertz CT molecular complexity index is 430. The van der Waals surface area contributed by atoms with Crippen molar-refractivity contribution in [3.8, 4) is 0 Å². The SMILES string of the molecule is C[C@H]1CC(=O)N(C)c2ccc(N)cc2N1C. The maximum absolute atomic E-state index is 11.9. The summed E-state index contributed by atoms with van der Waals surface area (Å²) in [5, 5.41) is 0. The molecule has 1 aliphatic rings. The molecule has 0 aliphatic carbocycles. The molecule has 1 heterocycles. The van der Waals surface area contributed by atoms with E-state index in [1.54, 1.807) is 4.90 Å². The van der Waals surface area contributed by atoms with E-state index in [1.165, 1.54) is 0 Å². The number of hydrogen-bond donors (Lipinski definition) is 1. The molecule has 2 N–H and O–H groups in total. The van der Waals surface area contributed by atoms with E-state index in [0.717, 1.165) is 17.1 Å². The Morgan fingerprint density at radius 3 is 2.69 bits per heavy atom. The van der Waals surface area contributed by atoms with E-state index in [9.17, 15) is 4.79 Å². The van der Waals surface area contributed by atoms with Gasteiger partial charge in [0.1, 0.15) is 0 Å². The van der Waals surface area contributed by atoms with Crippen LogP contribution in [0.15, 0.2) is 18.2 Å². The molecule has 0 saturated carbocycles. The molecule has 1 aromatic carbocycles. The van der Waals surface area contributed by atoms with Crippen LogP contribution >= 0.6 is 0 Å². The lowest BCUT2D eigenvalue weighted by molar-refractivity contribution is -0.118. The first-order valence-corrected chi connectivity index (χ1v) is 5.39. The molecule has 86 valence electrons. The summed E-state index contributed by atoms with van der Waals surface area (Å²) in [7, 11) is 3.80. The van der Waals surface area contributed by atoms with Crippen LogP contribution in [0.4, 0.5) is 17.1 Å². The number of benzene rings is 1. The van der Waals surface area contributed by atoms with E-state index in [0.29, 0.717) is 6.42 Å². The molecule has 1 atom stereocenters. The number of carbonyl (C=O) groups is 1. The third-order valence-electron chi connectivity index (χ3n) is 3.25. The van der Waals surface area contributed by atoms with E-state index in [-0.39, 0.29) is 11.9 Å². The fourth-order valence-corrected chi connectivity index (χ4v) is 2.00. The maximum Gasteiger partial charge on any atom is 0.228 e. The summed E-state index contributed by atoms with van der Waals surface area (Å²) < 4.78 is 0. The molecular weight excluding hydrogens is 202 g/mol. The number of carbonyl (C=O) groups excluding carboxylic acids is 1. The van der Waals surface area contributed by atoms with E-state index < -0.39 is 0 Å². The number of nitrogens with zero attached hydrogens (tertiary/aromatic N) is 2. The Balaban J connectivity index is 2.57. The van der Waals surface area contributed by atoms with Gasteiger partial charge in [0.2, 0.25) is 5.91 Å². The van der Waals surface area contributed by atoms with E-state index in [2.05, 4.69) is 4.90 Å². The molecule has 4 nitrogen and oxygen atoms in total. The van der Waals surface area contributed by atoms with Crippen LogP contribution in [0.1, 0.15) is 13.3 Å². The molecule has 1 aliphatic heterocycles. The summed E-state index contributed by atoms with van der Waals surface area (Å²) in [5.74, 6) is 0.142. The first kappa shape index (κ1) is 10.8. The van der Waals surface area contributed by atoms with Gasteiger partial charge in [0, 0.05) is 32.2 Å². The second-order valence-corrected chi connectivity index (χ2v) is 4.36. The van der Waals surface area contributed by atoms with Gasteiger partial charge < -0.3 is 15.5 Å². The Morgan fingerprint density at radius 2 is 2.00 bits per heavy atom. The average molecular weight is 219 g/mol. The summed E-state index contributed by atoms with van der Waals surface area (Å²) in [6.07, 6.45) is 0.529. The molecule has 2 rings (SSSR count). The summed E-state index contributed by atoms with van der Waals surface area (Å²) in [6, 6.07) is 5.84. The summed E-state index contributed by atoms with van der Waals surface area (Å²) in [5.41, 5.74) is 8.45. The third-order valence-corrected chi connectivity index (χ3v) is 3.25. The zero-order valence-electron chi connectivity index (χ0n) is 9.90. The first-order chi connectivity index (χ1) is 7.50. The van der Waals surface area contributed by atoms with Gasteiger partial charge in [-0.2, -0.15) is 0 Å². The minimum atomic E-state index is 0.142.